The number of fused-ring (bicyclic) bond motifs is 4. The number of amides is 7. The topological polar surface area (TPSA) is 267 Å². The minimum absolute atomic E-state index is 0.00877. The maximum absolute atomic E-state index is 14.1. The highest BCUT2D eigenvalue weighted by atomic mass is 32.2. The van der Waals surface area contributed by atoms with Crippen molar-refractivity contribution in [2.75, 3.05) is 18.9 Å². The lowest BCUT2D eigenvalue weighted by Gasteiger charge is -2.46. The zero-order valence-corrected chi connectivity index (χ0v) is 35.1. The Morgan fingerprint density at radius 2 is 1.55 bits per heavy atom. The number of nitrogens with one attached hydrogen (secondary N) is 6. The van der Waals surface area contributed by atoms with Crippen LogP contribution >= 0.6 is 11.8 Å². The Morgan fingerprint density at radius 3 is 2.16 bits per heavy atom. The van der Waals surface area contributed by atoms with Crippen molar-refractivity contribution in [3.05, 3.63) is 11.8 Å². The maximum atomic E-state index is 14.1. The first kappa shape index (κ1) is 46.1. The highest BCUT2D eigenvalue weighted by Crippen LogP contribution is 2.31. The van der Waals surface area contributed by atoms with Crippen LogP contribution in [0.15, 0.2) is 11.8 Å². The van der Waals surface area contributed by atoms with E-state index in [1.165, 1.54) is 36.6 Å². The molecule has 4 heterocycles. The molecule has 0 aliphatic carbocycles. The highest BCUT2D eigenvalue weighted by molar-refractivity contribution is 8.14. The lowest BCUT2D eigenvalue weighted by molar-refractivity contribution is -0.477. The second-order valence-corrected chi connectivity index (χ2v) is 17.2. The van der Waals surface area contributed by atoms with E-state index in [1.807, 2.05) is 20.8 Å². The normalized spacial score (nSPS) is 32.8. The minimum atomic E-state index is -1.91. The van der Waals surface area contributed by atoms with Crippen molar-refractivity contribution in [1.82, 2.24) is 36.4 Å². The van der Waals surface area contributed by atoms with Gasteiger partial charge in [0.05, 0.1) is 11.9 Å². The summed E-state index contributed by atoms with van der Waals surface area (Å²) in [7, 11) is 0. The first-order chi connectivity index (χ1) is 27.2. The number of carbonyl (C=O) groups excluding carboxylic acids is 8. The number of aliphatic hydroxyl groups excluding tert-OH is 2. The van der Waals surface area contributed by atoms with Crippen LogP contribution in [-0.2, 0) is 43.1 Å². The van der Waals surface area contributed by atoms with Crippen LogP contribution in [0.1, 0.15) is 81.1 Å². The zero-order valence-electron chi connectivity index (χ0n) is 34.3. The van der Waals surface area contributed by atoms with E-state index in [9.17, 15) is 48.6 Å². The van der Waals surface area contributed by atoms with Crippen molar-refractivity contribution in [2.45, 2.75) is 142 Å². The molecule has 4 aliphatic rings. The van der Waals surface area contributed by atoms with Crippen molar-refractivity contribution >= 4 is 64.1 Å². The average molecular weight is 836 g/mol. The molecule has 322 valence electrons. The van der Waals surface area contributed by atoms with Crippen LogP contribution in [0.25, 0.3) is 0 Å². The first-order valence-corrected chi connectivity index (χ1v) is 20.8. The van der Waals surface area contributed by atoms with Gasteiger partial charge in [-0.3, -0.25) is 33.6 Å². The van der Waals surface area contributed by atoms with Crippen LogP contribution in [0.5, 0.6) is 0 Å². The number of hydrogen-bond acceptors (Lipinski definition) is 12. The largest absolute Gasteiger partial charge is 0.461 e. The van der Waals surface area contributed by atoms with E-state index in [2.05, 4.69) is 31.6 Å². The van der Waals surface area contributed by atoms with Gasteiger partial charge in [0.2, 0.25) is 34.7 Å². The molecular formula is C38H59N8O11S+. The molecule has 2 saturated heterocycles. The van der Waals surface area contributed by atoms with Crippen LogP contribution in [0, 0.1) is 11.8 Å². The summed E-state index contributed by atoms with van der Waals surface area (Å²) in [6, 6.07) is -7.45. The fourth-order valence-electron chi connectivity index (χ4n) is 7.26. The standard InChI is InChI=1S/C38H58N8O11S/c1-9-22-36(54)45-12-10-11-25(45)32(51)44-29(21(8)47)34(53)43-28(18(4)5)38(56)57-15-27(48)33(52)39-20(7)30(49)41-23(13-17(2)3)37(55)46-19(6)14-26(46)35-42-24(16-58-35)31(50)40-22/h9,17-21,23-29,47-48H,10-16H2,1-8H3,(H,39,52)(H,40,50)(H,41,49)(H,43,53)(H,44,51)/p+1/b22-9-. The minimum Gasteiger partial charge on any atom is -0.461 e. The number of thioether (sulfide) groups is 1. The van der Waals surface area contributed by atoms with Gasteiger partial charge in [-0.1, -0.05) is 45.5 Å². The van der Waals surface area contributed by atoms with Crippen LogP contribution in [0.3, 0.4) is 0 Å². The number of rotatable bonds is 4. The third-order valence-corrected chi connectivity index (χ3v) is 11.8. The molecule has 0 saturated carbocycles. The fourth-order valence-corrected chi connectivity index (χ4v) is 8.47. The molecule has 4 aliphatic heterocycles. The maximum Gasteiger partial charge on any atom is 0.329 e. The average Bonchev–Trinajstić information content (AvgIpc) is 3.85. The summed E-state index contributed by atoms with van der Waals surface area (Å²) in [6.07, 6.45) is -0.359. The Kier molecular flexibility index (Phi) is 15.9. The van der Waals surface area contributed by atoms with Crippen LogP contribution in [0.2, 0.25) is 0 Å². The summed E-state index contributed by atoms with van der Waals surface area (Å²) in [5.41, 5.74) is -0.0573. The van der Waals surface area contributed by atoms with Gasteiger partial charge in [-0.25, -0.2) is 9.79 Å². The first-order valence-electron chi connectivity index (χ1n) is 19.9. The predicted octanol–water partition coefficient (Wildman–Crippen LogP) is -3.46. The third-order valence-electron chi connectivity index (χ3n) is 10.6. The molecule has 0 aromatic rings. The molecule has 20 heteroatoms. The van der Waals surface area contributed by atoms with E-state index in [4.69, 9.17) is 4.74 Å². The van der Waals surface area contributed by atoms with Gasteiger partial charge in [-0.05, 0) is 65.2 Å². The fraction of sp³-hybridized carbons (Fsp3) is 0.711. The van der Waals surface area contributed by atoms with Crippen LogP contribution in [-0.4, -0.2) is 152 Å². The van der Waals surface area contributed by atoms with E-state index in [0.717, 1.165) is 0 Å². The summed E-state index contributed by atoms with van der Waals surface area (Å²) in [5, 5.41) is 34.6. The lowest BCUT2D eigenvalue weighted by Crippen LogP contribution is -2.84. The monoisotopic (exact) mass is 835 g/mol. The van der Waals surface area contributed by atoms with Gasteiger partial charge < -0.3 is 51.3 Å². The Hall–Kier alpha value is -4.56. The quantitative estimate of drug-likeness (QED) is 0.102. The van der Waals surface area contributed by atoms with Crippen LogP contribution < -0.4 is 31.6 Å². The number of esters is 1. The van der Waals surface area contributed by atoms with Gasteiger partial charge in [-0.2, -0.15) is 0 Å². The molecule has 0 aromatic carbocycles. The van der Waals surface area contributed by atoms with E-state index >= 15 is 0 Å². The lowest BCUT2D eigenvalue weighted by atomic mass is 9.91. The molecule has 2 fully saturated rings. The highest BCUT2D eigenvalue weighted by Gasteiger charge is 2.50. The Balaban J connectivity index is 1.64. The molecular weight excluding hydrogens is 777 g/mol. The van der Waals surface area contributed by atoms with Crippen molar-refractivity contribution in [1.29, 1.82) is 0 Å². The Bertz CT molecular complexity index is 1690. The SMILES string of the molecule is C/C=C1\NC(=O)C2CSC(=[NH+]2)C2CC(C)N2C(=O)C(CC(C)C)NC(=O)C(C)NC(=O)C(O)COC(=O)C(C(C)C)NC(=O)C(C(C)O)NC(=O)C2CCCN2C1=O. The van der Waals surface area contributed by atoms with Crippen LogP contribution in [0.4, 0.5) is 0 Å². The molecule has 58 heavy (non-hydrogen) atoms. The number of aliphatic hydroxyl groups is 2. The van der Waals surface area contributed by atoms with Gasteiger partial charge in [-0.15, -0.1) is 0 Å². The van der Waals surface area contributed by atoms with Crippen molar-refractivity contribution in [2.24, 2.45) is 11.8 Å². The molecule has 4 rings (SSSR count). The number of ether oxygens (including phenoxy) is 1. The Labute approximate surface area is 342 Å². The molecule has 0 radical (unpaired) electrons. The van der Waals surface area contributed by atoms with Crippen molar-refractivity contribution < 1.29 is 58.3 Å². The second kappa shape index (κ2) is 19.9. The second-order valence-electron chi connectivity index (χ2n) is 16.1. The number of carbonyl (C=O) groups is 8. The Morgan fingerprint density at radius 1 is 0.879 bits per heavy atom. The number of nitrogens with zero attached hydrogens (tertiary/aromatic N) is 2. The predicted molar refractivity (Wildman–Crippen MR) is 210 cm³/mol. The zero-order chi connectivity index (χ0) is 43.2. The molecule has 19 nitrogen and oxygen atoms in total. The third kappa shape index (κ3) is 10.9. The molecule has 0 aromatic heterocycles. The van der Waals surface area contributed by atoms with E-state index < -0.39 is 108 Å². The van der Waals surface area contributed by atoms with Gasteiger partial charge in [0.15, 0.2) is 6.10 Å². The molecule has 2 bridgehead atoms. The number of cyclic esters (lactones) is 1. The van der Waals surface area contributed by atoms with E-state index in [0.29, 0.717) is 23.6 Å². The summed E-state index contributed by atoms with van der Waals surface area (Å²) in [4.78, 5) is 114. The van der Waals surface area contributed by atoms with Gasteiger partial charge in [0.25, 0.3) is 17.7 Å². The molecule has 10 atom stereocenters. The molecule has 8 N–H and O–H groups in total. The summed E-state index contributed by atoms with van der Waals surface area (Å²) >= 11 is 1.37. The summed E-state index contributed by atoms with van der Waals surface area (Å²) in [5.74, 6) is -6.17. The summed E-state index contributed by atoms with van der Waals surface area (Å²) < 4.78 is 5.18. The molecule has 7 amide bonds. The van der Waals surface area contributed by atoms with Gasteiger partial charge in [0.1, 0.15) is 48.6 Å². The molecule has 0 spiro atoms. The smallest absolute Gasteiger partial charge is 0.329 e. The van der Waals surface area contributed by atoms with Gasteiger partial charge >= 0.3 is 5.97 Å². The number of allylic oxidation sites excluding steroid dienone is 1. The van der Waals surface area contributed by atoms with E-state index in [-0.39, 0.29) is 43.0 Å². The van der Waals surface area contributed by atoms with Gasteiger partial charge in [0, 0.05) is 12.6 Å². The van der Waals surface area contributed by atoms with E-state index in [1.54, 1.807) is 25.7 Å². The number of hydrogen-bond donors (Lipinski definition) is 8. The van der Waals surface area contributed by atoms with Crippen molar-refractivity contribution in [3.63, 3.8) is 0 Å². The van der Waals surface area contributed by atoms with Crippen molar-refractivity contribution in [3.8, 4) is 0 Å². The molecule has 10 unspecified atom stereocenters. The summed E-state index contributed by atoms with van der Waals surface area (Å²) in [6.45, 7) is 12.4.